The molecule has 0 atom stereocenters. The van der Waals surface area contributed by atoms with E-state index in [1.165, 1.54) is 0 Å². The molecular formula is C14H20BrN3O. The summed E-state index contributed by atoms with van der Waals surface area (Å²) < 4.78 is 0.852. The summed E-state index contributed by atoms with van der Waals surface area (Å²) in [7, 11) is 0. The fourth-order valence-corrected chi connectivity index (χ4v) is 2.99. The van der Waals surface area contributed by atoms with E-state index in [-0.39, 0.29) is 5.84 Å². The van der Waals surface area contributed by atoms with Crippen molar-refractivity contribution in [2.75, 3.05) is 18.0 Å². The van der Waals surface area contributed by atoms with Crippen LogP contribution in [0.2, 0.25) is 0 Å². The Kier molecular flexibility index (Phi) is 4.04. The Morgan fingerprint density at radius 3 is 2.58 bits per heavy atom. The average molecular weight is 326 g/mol. The van der Waals surface area contributed by atoms with Gasteiger partial charge in [0.05, 0.1) is 5.56 Å². The lowest BCUT2D eigenvalue weighted by Crippen LogP contribution is -2.38. The highest BCUT2D eigenvalue weighted by Crippen LogP contribution is 2.35. The predicted molar refractivity (Wildman–Crippen MR) is 81.9 cm³/mol. The molecule has 1 saturated heterocycles. The summed E-state index contributed by atoms with van der Waals surface area (Å²) in [6.45, 7) is 6.59. The van der Waals surface area contributed by atoms with Crippen molar-refractivity contribution >= 4 is 27.5 Å². The first kappa shape index (κ1) is 14.2. The molecule has 1 fully saturated rings. The van der Waals surface area contributed by atoms with Gasteiger partial charge in [-0.15, -0.1) is 0 Å². The Hall–Kier alpha value is -1.23. The second-order valence-corrected chi connectivity index (χ2v) is 6.62. The fraction of sp³-hybridized carbons (Fsp3) is 0.500. The van der Waals surface area contributed by atoms with Crippen LogP contribution in [0, 0.1) is 5.41 Å². The van der Waals surface area contributed by atoms with E-state index in [1.54, 1.807) is 0 Å². The molecule has 0 amide bonds. The molecule has 0 unspecified atom stereocenters. The molecule has 1 aliphatic heterocycles. The maximum Gasteiger partial charge on any atom is 0.173 e. The van der Waals surface area contributed by atoms with Gasteiger partial charge in [-0.05, 0) is 46.3 Å². The minimum atomic E-state index is 0.146. The molecule has 1 aliphatic rings. The number of hydrogen-bond acceptors (Lipinski definition) is 3. The van der Waals surface area contributed by atoms with Crippen LogP contribution in [0.25, 0.3) is 0 Å². The van der Waals surface area contributed by atoms with Crippen LogP contribution in [-0.4, -0.2) is 24.1 Å². The summed E-state index contributed by atoms with van der Waals surface area (Å²) in [5, 5.41) is 12.1. The number of anilines is 1. The number of piperidine rings is 1. The van der Waals surface area contributed by atoms with Gasteiger partial charge in [-0.3, -0.25) is 0 Å². The van der Waals surface area contributed by atoms with Crippen LogP contribution in [0.15, 0.2) is 27.8 Å². The smallest absolute Gasteiger partial charge is 0.173 e. The number of nitrogens with two attached hydrogens (primary N) is 1. The number of oxime groups is 1. The maximum atomic E-state index is 8.94. The van der Waals surface area contributed by atoms with Gasteiger partial charge < -0.3 is 15.8 Å². The molecule has 19 heavy (non-hydrogen) atoms. The van der Waals surface area contributed by atoms with E-state index in [0.717, 1.165) is 41.7 Å². The summed E-state index contributed by atoms with van der Waals surface area (Å²) in [6, 6.07) is 5.91. The Bertz CT molecular complexity index is 489. The third-order valence-corrected chi connectivity index (χ3v) is 4.47. The minimum Gasteiger partial charge on any atom is -0.409 e. The van der Waals surface area contributed by atoms with E-state index in [1.807, 2.05) is 18.2 Å². The van der Waals surface area contributed by atoms with Gasteiger partial charge in [-0.25, -0.2) is 0 Å². The van der Waals surface area contributed by atoms with E-state index >= 15 is 0 Å². The quantitative estimate of drug-likeness (QED) is 0.380. The topological polar surface area (TPSA) is 61.8 Å². The molecule has 0 spiro atoms. The van der Waals surface area contributed by atoms with Gasteiger partial charge in [0.25, 0.3) is 0 Å². The lowest BCUT2D eigenvalue weighted by molar-refractivity contribution is 0.279. The van der Waals surface area contributed by atoms with Crippen LogP contribution in [0.4, 0.5) is 5.69 Å². The van der Waals surface area contributed by atoms with E-state index in [9.17, 15) is 0 Å². The molecule has 1 aromatic rings. The minimum absolute atomic E-state index is 0.146. The summed E-state index contributed by atoms with van der Waals surface area (Å²) in [4.78, 5) is 2.31. The van der Waals surface area contributed by atoms with Gasteiger partial charge in [0.2, 0.25) is 0 Å². The molecule has 4 nitrogen and oxygen atoms in total. The molecule has 104 valence electrons. The molecule has 2 rings (SSSR count). The molecule has 1 heterocycles. The molecular weight excluding hydrogens is 306 g/mol. The number of nitrogens with zero attached hydrogens (tertiary/aromatic N) is 2. The van der Waals surface area contributed by atoms with Crippen molar-refractivity contribution in [2.24, 2.45) is 16.3 Å². The molecule has 5 heteroatoms. The normalized spacial score (nSPS) is 19.5. The van der Waals surface area contributed by atoms with Crippen molar-refractivity contribution in [3.8, 4) is 0 Å². The molecule has 0 bridgehead atoms. The van der Waals surface area contributed by atoms with Gasteiger partial charge in [0.15, 0.2) is 5.84 Å². The molecule has 0 aliphatic carbocycles. The zero-order valence-electron chi connectivity index (χ0n) is 11.4. The van der Waals surface area contributed by atoms with Crippen LogP contribution >= 0.6 is 15.9 Å². The second-order valence-electron chi connectivity index (χ2n) is 5.77. The van der Waals surface area contributed by atoms with Crippen LogP contribution in [0.1, 0.15) is 32.3 Å². The maximum absolute atomic E-state index is 8.94. The third-order valence-electron chi connectivity index (χ3n) is 3.81. The van der Waals surface area contributed by atoms with E-state index < -0.39 is 0 Å². The van der Waals surface area contributed by atoms with Crippen molar-refractivity contribution in [1.82, 2.24) is 0 Å². The van der Waals surface area contributed by atoms with Crippen molar-refractivity contribution in [3.63, 3.8) is 0 Å². The number of hydrogen-bond donors (Lipinski definition) is 2. The Morgan fingerprint density at radius 1 is 1.37 bits per heavy atom. The van der Waals surface area contributed by atoms with Crippen LogP contribution in [0.5, 0.6) is 0 Å². The summed E-state index contributed by atoms with van der Waals surface area (Å²) in [6.07, 6.45) is 2.30. The second kappa shape index (κ2) is 5.41. The zero-order chi connectivity index (χ0) is 14.0. The predicted octanol–water partition coefficient (Wildman–Crippen LogP) is 3.17. The monoisotopic (exact) mass is 325 g/mol. The van der Waals surface area contributed by atoms with E-state index in [4.69, 9.17) is 10.9 Å². The van der Waals surface area contributed by atoms with Crippen molar-refractivity contribution < 1.29 is 5.21 Å². The number of benzene rings is 1. The molecule has 1 aromatic carbocycles. The number of rotatable bonds is 2. The van der Waals surface area contributed by atoms with Crippen molar-refractivity contribution in [1.29, 1.82) is 0 Å². The molecule has 0 aromatic heterocycles. The average Bonchev–Trinajstić information content (AvgIpc) is 2.37. The van der Waals surface area contributed by atoms with Gasteiger partial charge in [0.1, 0.15) is 0 Å². The van der Waals surface area contributed by atoms with Gasteiger partial charge in [-0.1, -0.05) is 25.1 Å². The van der Waals surface area contributed by atoms with Crippen LogP contribution in [-0.2, 0) is 0 Å². The van der Waals surface area contributed by atoms with Gasteiger partial charge in [0, 0.05) is 23.2 Å². The lowest BCUT2D eigenvalue weighted by atomic mass is 9.82. The van der Waals surface area contributed by atoms with E-state index in [2.05, 4.69) is 39.8 Å². The largest absolute Gasteiger partial charge is 0.409 e. The number of amidine groups is 1. The van der Waals surface area contributed by atoms with E-state index in [0.29, 0.717) is 5.41 Å². The highest BCUT2D eigenvalue weighted by Gasteiger charge is 2.27. The standard InChI is InChI=1S/C14H20BrN3O/c1-14(2)6-8-18(9-7-14)11-5-3-4-10(15)12(11)13(16)17-19/h3-5,19H,6-9H2,1-2H3,(H2,16,17). The molecule has 3 N–H and O–H groups in total. The Morgan fingerprint density at radius 2 is 2.00 bits per heavy atom. The zero-order valence-corrected chi connectivity index (χ0v) is 12.9. The van der Waals surface area contributed by atoms with Gasteiger partial charge in [-0.2, -0.15) is 0 Å². The number of halogens is 1. The highest BCUT2D eigenvalue weighted by molar-refractivity contribution is 9.10. The van der Waals surface area contributed by atoms with Crippen molar-refractivity contribution in [3.05, 3.63) is 28.2 Å². The van der Waals surface area contributed by atoms with Crippen LogP contribution < -0.4 is 10.6 Å². The summed E-state index contributed by atoms with van der Waals surface area (Å²) in [5.74, 6) is 0.146. The lowest BCUT2D eigenvalue weighted by Gasteiger charge is -2.39. The SMILES string of the molecule is CC1(C)CCN(c2cccc(Br)c2/C(N)=N/O)CC1. The van der Waals surface area contributed by atoms with Crippen molar-refractivity contribution in [2.45, 2.75) is 26.7 Å². The third kappa shape index (κ3) is 3.03. The molecule has 0 saturated carbocycles. The van der Waals surface area contributed by atoms with Gasteiger partial charge >= 0.3 is 0 Å². The Labute approximate surface area is 122 Å². The fourth-order valence-electron chi connectivity index (χ4n) is 2.43. The molecule has 0 radical (unpaired) electrons. The summed E-state index contributed by atoms with van der Waals surface area (Å²) in [5.41, 5.74) is 8.00. The first-order valence-corrected chi connectivity index (χ1v) is 7.25. The highest BCUT2D eigenvalue weighted by atomic mass is 79.9. The Balaban J connectivity index is 2.33. The van der Waals surface area contributed by atoms with Crippen LogP contribution in [0.3, 0.4) is 0 Å². The first-order valence-electron chi connectivity index (χ1n) is 6.46. The summed E-state index contributed by atoms with van der Waals surface area (Å²) >= 11 is 3.48. The first-order chi connectivity index (χ1) is 8.94.